The molecule has 0 saturated carbocycles. The Kier molecular flexibility index (Phi) is 20.0. The Balaban J connectivity index is 0.977. The summed E-state index contributed by atoms with van der Waals surface area (Å²) in [4.78, 5) is 34.7. The molecule has 0 aliphatic carbocycles. The van der Waals surface area contributed by atoms with Gasteiger partial charge in [0.05, 0.1) is 0 Å². The maximum atomic E-state index is 8.11. The van der Waals surface area contributed by atoms with Gasteiger partial charge in [-0.3, -0.25) is 0 Å². The van der Waals surface area contributed by atoms with Crippen LogP contribution in [-0.2, 0) is 49.4 Å². The van der Waals surface area contributed by atoms with Crippen molar-refractivity contribution in [2.75, 3.05) is 94.9 Å². The van der Waals surface area contributed by atoms with Crippen LogP contribution in [-0.4, -0.2) is 244 Å². The molecule has 92 heavy (non-hydrogen) atoms. The van der Waals surface area contributed by atoms with Crippen molar-refractivity contribution in [3.63, 3.8) is 0 Å². The number of aromatic amines is 8. The first-order valence-corrected chi connectivity index (χ1v) is 45.7. The van der Waals surface area contributed by atoms with Crippen molar-refractivity contribution in [1.82, 2.24) is 121 Å². The maximum Gasteiger partial charge on any atom is 0.478 e. The van der Waals surface area contributed by atoms with Gasteiger partial charge < -0.3 is 91.9 Å². The Morgan fingerprint density at radius 2 is 0.326 bits per heavy atom. The molecule has 6 fully saturated rings. The normalized spacial score (nSPS) is 28.0. The molecule has 52 heteroatoms. The predicted octanol–water partition coefficient (Wildman–Crippen LogP) is 0.727. The number of hydrogen-bond donors (Lipinski definition) is 16. The molecular weight excluding hydrogens is 1350 g/mol. The molecule has 6 aliphatic heterocycles. The molecule has 496 valence electrons. The molecule has 14 heterocycles. The first-order chi connectivity index (χ1) is 45.1. The van der Waals surface area contributed by atoms with Gasteiger partial charge in [-0.2, -0.15) is 40.8 Å². The molecule has 6 aliphatic rings. The first-order valence-electron chi connectivity index (χ1n) is 30.3. The van der Waals surface area contributed by atoms with Crippen molar-refractivity contribution in [3.05, 3.63) is 50.6 Å². The second-order valence-corrected chi connectivity index (χ2v) is 46.3. The summed E-state index contributed by atoms with van der Waals surface area (Å²) in [6.45, 7) is 2.93. The molecule has 8 aromatic rings. The molecule has 0 atom stereocenters. The molecule has 0 aromatic carbocycles. The molecular formula is C40H72N32O12Si8. The number of anilines is 8. The molecule has 14 rings (SSSR count). The smallest absolute Gasteiger partial charge is 0.373 e. The third-order valence-corrected chi connectivity index (χ3v) is 52.3. The lowest BCUT2D eigenvalue weighted by molar-refractivity contribution is -0.0308. The van der Waals surface area contributed by atoms with Crippen LogP contribution in [0, 0.1) is 0 Å². The van der Waals surface area contributed by atoms with Crippen LogP contribution in [0.15, 0.2) is 50.6 Å². The number of rotatable bonds is 40. The van der Waals surface area contributed by atoms with Gasteiger partial charge in [-0.1, -0.05) is 0 Å². The van der Waals surface area contributed by atoms with Crippen LogP contribution in [0.25, 0.3) is 0 Å². The predicted molar refractivity (Wildman–Crippen MR) is 333 cm³/mol. The fourth-order valence-electron chi connectivity index (χ4n) is 11.0. The summed E-state index contributed by atoms with van der Waals surface area (Å²) in [5, 5.41) is 82.6. The SMILES string of the molecule is c1n[nH]c(NCCC[Si]23O[Si]4(CCCNc5ncn[nH]5)O[Si]5(CCCNc6ncn[nH]6)O[Si](CCCNc6ncn[nH]6)(O2)O[Si]2(CCCNc6ncn[nH]6)O[Si](CCCNc6ncn[nH]6)(O3)O[Si](CCCNc3ncn[nH]3)(O4)O[Si](CCCNc3ncn[nH]3)(O5)O2)n1. The molecule has 6 saturated heterocycles. The summed E-state index contributed by atoms with van der Waals surface area (Å²) in [5.41, 5.74) is 0. The van der Waals surface area contributed by atoms with E-state index in [9.17, 15) is 0 Å². The summed E-state index contributed by atoms with van der Waals surface area (Å²) < 4.78 is 97.4. The molecule has 0 unspecified atom stereocenters. The average Bonchev–Trinajstić information content (AvgIpc) is 0.920. The van der Waals surface area contributed by atoms with E-state index in [1.54, 1.807) is 0 Å². The van der Waals surface area contributed by atoms with Crippen LogP contribution in [0.5, 0.6) is 0 Å². The standard InChI is InChI=1S/C40H72N32O12Si8/c1(9-41-33-49-25-57-65-33)17-85-73-86(18-2-10-42-34-50-26-58-66-34)76-89(21-5-13-45-37-53-29-61-69-37)78-87(74-85,19-3-11-43-35-51-27-59-67-35)80-91(23-7-15-47-39-55-31-63-71-39)81-88(75-85,20-4-12-44-36-52-28-60-68-36)79-90(77-86,22-6-14-46-38-54-30-62-70-38)83-92(82-89,84-91)24-8-16-48-40-56-32-64-72-40/h25-32H,1-24H2,(H2,41,49,57,65)(H2,42,50,58,66)(H2,43,51,59,67)(H2,44,52,60,68)(H2,45,53,61,69)(H2,46,54,62,70)(H2,47,55,63,71)(H2,48,56,64,72). The van der Waals surface area contributed by atoms with Gasteiger partial charge in [0.15, 0.2) is 0 Å². The third-order valence-electron chi connectivity index (χ3n) is 14.7. The van der Waals surface area contributed by atoms with Crippen LogP contribution in [0.3, 0.4) is 0 Å². The molecule has 16 N–H and O–H groups in total. The van der Waals surface area contributed by atoms with Gasteiger partial charge in [0, 0.05) is 101 Å². The number of H-pyrrole nitrogens is 8. The minimum absolute atomic E-state index is 0.155. The number of hydrogen-bond acceptors (Lipinski definition) is 36. The highest BCUT2D eigenvalue weighted by Gasteiger charge is 2.83. The Hall–Kier alpha value is -7.22. The van der Waals surface area contributed by atoms with E-state index < -0.39 is 70.4 Å². The molecule has 0 radical (unpaired) electrons. The van der Waals surface area contributed by atoms with Crippen molar-refractivity contribution in [1.29, 1.82) is 0 Å². The highest BCUT2D eigenvalue weighted by Crippen LogP contribution is 2.55. The van der Waals surface area contributed by atoms with Gasteiger partial charge in [-0.25, -0.2) is 80.7 Å². The van der Waals surface area contributed by atoms with E-state index in [1.165, 1.54) is 50.6 Å². The largest absolute Gasteiger partial charge is 0.478 e. The topological polar surface area (TPSA) is 540 Å². The Bertz CT molecular complexity index is 2650. The van der Waals surface area contributed by atoms with Gasteiger partial charge in [-0.15, -0.1) is 0 Å². The zero-order valence-electron chi connectivity index (χ0n) is 49.6. The molecule has 8 bridgehead atoms. The average molecular weight is 1420 g/mol. The molecule has 44 nitrogen and oxygen atoms in total. The van der Waals surface area contributed by atoms with Crippen LogP contribution >= 0.6 is 0 Å². The van der Waals surface area contributed by atoms with Crippen LogP contribution in [0.2, 0.25) is 48.4 Å². The van der Waals surface area contributed by atoms with Crippen LogP contribution < -0.4 is 42.5 Å². The zero-order chi connectivity index (χ0) is 62.4. The lowest BCUT2D eigenvalue weighted by Gasteiger charge is -2.63. The van der Waals surface area contributed by atoms with Crippen molar-refractivity contribution in [2.45, 2.75) is 99.7 Å². The lowest BCUT2D eigenvalue weighted by Crippen LogP contribution is -2.88. The maximum absolute atomic E-state index is 8.11. The number of aromatic nitrogens is 24. The second kappa shape index (κ2) is 29.0. The van der Waals surface area contributed by atoms with Gasteiger partial charge >= 0.3 is 70.4 Å². The summed E-state index contributed by atoms with van der Waals surface area (Å²) in [7, 11) is -36.2. The van der Waals surface area contributed by atoms with Crippen molar-refractivity contribution < 1.29 is 49.4 Å². The molecule has 0 spiro atoms. The van der Waals surface area contributed by atoms with Crippen molar-refractivity contribution in [2.24, 2.45) is 0 Å². The quantitative estimate of drug-likeness (QED) is 0.0186. The molecule has 8 aromatic heterocycles. The van der Waals surface area contributed by atoms with Gasteiger partial charge in [0.1, 0.15) is 50.6 Å². The lowest BCUT2D eigenvalue weighted by atomic mass is 10.5. The van der Waals surface area contributed by atoms with Crippen LogP contribution in [0.1, 0.15) is 51.4 Å². The fourth-order valence-corrected chi connectivity index (χ4v) is 61.4. The van der Waals surface area contributed by atoms with E-state index in [2.05, 4.69) is 164 Å². The Morgan fingerprint density at radius 1 is 0.207 bits per heavy atom. The Labute approximate surface area is 531 Å². The summed E-state index contributed by atoms with van der Waals surface area (Å²) in [6, 6.07) is 1.24. The summed E-state index contributed by atoms with van der Waals surface area (Å²) >= 11 is 0. The van der Waals surface area contributed by atoms with Gasteiger partial charge in [0.25, 0.3) is 0 Å². The Morgan fingerprint density at radius 3 is 0.424 bits per heavy atom. The van der Waals surface area contributed by atoms with E-state index in [1.807, 2.05) is 0 Å². The van der Waals surface area contributed by atoms with Crippen LogP contribution in [0.4, 0.5) is 47.6 Å². The fraction of sp³-hybridized carbons (Fsp3) is 0.600. The monoisotopic (exact) mass is 1420 g/mol. The van der Waals surface area contributed by atoms with E-state index in [4.69, 9.17) is 49.4 Å². The van der Waals surface area contributed by atoms with E-state index in [0.717, 1.165) is 0 Å². The summed E-state index contributed by atoms with van der Waals surface area (Å²) in [5.74, 6) is 3.74. The van der Waals surface area contributed by atoms with E-state index in [0.29, 0.717) is 151 Å². The highest BCUT2D eigenvalue weighted by atomic mass is 28.6. The highest BCUT2D eigenvalue weighted by molar-refractivity contribution is 7.03. The van der Waals surface area contributed by atoms with Gasteiger partial charge in [-0.05, 0) is 51.4 Å². The number of nitrogens with zero attached hydrogens (tertiary/aromatic N) is 16. The first kappa shape index (κ1) is 63.5. The molecule has 0 amide bonds. The minimum Gasteiger partial charge on any atom is -0.373 e. The summed E-state index contributed by atoms with van der Waals surface area (Å²) in [6.07, 6.45) is 14.6. The van der Waals surface area contributed by atoms with Gasteiger partial charge in [0.2, 0.25) is 47.6 Å². The van der Waals surface area contributed by atoms with E-state index >= 15 is 0 Å². The number of nitrogens with one attached hydrogen (secondary N) is 16. The van der Waals surface area contributed by atoms with E-state index in [-0.39, 0.29) is 48.4 Å². The van der Waals surface area contributed by atoms with Crippen molar-refractivity contribution in [3.8, 4) is 0 Å². The van der Waals surface area contributed by atoms with Crippen molar-refractivity contribution >= 4 is 118 Å². The second-order valence-electron chi connectivity index (χ2n) is 21.6. The third kappa shape index (κ3) is 16.2. The zero-order valence-corrected chi connectivity index (χ0v) is 57.6. The minimum atomic E-state index is -4.53.